The van der Waals surface area contributed by atoms with Gasteiger partial charge < -0.3 is 5.73 Å². The first-order chi connectivity index (χ1) is 6.80. The Morgan fingerprint density at radius 2 is 1.87 bits per heavy atom. The number of Topliss-reactive ketones (excluding diaryl/α,β-unsaturated/α-hetero) is 1. The Kier molecular flexibility index (Phi) is 6.05. The summed E-state index contributed by atoms with van der Waals surface area (Å²) in [5, 5.41) is 0. The molecular formula is C10H21NO3S. The zero-order valence-corrected chi connectivity index (χ0v) is 10.5. The topological polar surface area (TPSA) is 77.2 Å². The van der Waals surface area contributed by atoms with E-state index in [2.05, 4.69) is 0 Å². The summed E-state index contributed by atoms with van der Waals surface area (Å²) in [6, 6.07) is -0.166. The van der Waals surface area contributed by atoms with Gasteiger partial charge in [-0.25, -0.2) is 8.42 Å². The van der Waals surface area contributed by atoms with Gasteiger partial charge in [0.05, 0.1) is 5.75 Å². The number of sulfone groups is 1. The summed E-state index contributed by atoms with van der Waals surface area (Å²) in [6.45, 7) is 5.18. The van der Waals surface area contributed by atoms with E-state index in [4.69, 9.17) is 5.73 Å². The van der Waals surface area contributed by atoms with Gasteiger partial charge in [-0.05, 0) is 13.3 Å². The third kappa shape index (κ3) is 5.89. The van der Waals surface area contributed by atoms with E-state index < -0.39 is 9.84 Å². The van der Waals surface area contributed by atoms with Gasteiger partial charge in [-0.15, -0.1) is 0 Å². The molecule has 0 aliphatic heterocycles. The lowest BCUT2D eigenvalue weighted by Gasteiger charge is -2.13. The Hall–Kier alpha value is -0.420. The van der Waals surface area contributed by atoms with Gasteiger partial charge in [0.25, 0.3) is 0 Å². The standard InChI is InChI=1S/C10H21NO3S/c1-4-15(13,14)7-5-6-10(12)8(2)9(3)11/h8-9H,4-7,11H2,1-3H3. The van der Waals surface area contributed by atoms with Gasteiger partial charge in [-0.2, -0.15) is 0 Å². The maximum Gasteiger partial charge on any atom is 0.150 e. The molecule has 2 unspecified atom stereocenters. The number of hydrogen-bond donors (Lipinski definition) is 1. The van der Waals surface area contributed by atoms with Crippen molar-refractivity contribution in [2.75, 3.05) is 11.5 Å². The second-order valence-corrected chi connectivity index (χ2v) is 6.43. The predicted molar refractivity (Wildman–Crippen MR) is 61.4 cm³/mol. The van der Waals surface area contributed by atoms with Crippen LogP contribution in [0.4, 0.5) is 0 Å². The Bertz CT molecular complexity index is 296. The summed E-state index contributed by atoms with van der Waals surface area (Å²) >= 11 is 0. The van der Waals surface area contributed by atoms with E-state index >= 15 is 0 Å². The fourth-order valence-corrected chi connectivity index (χ4v) is 2.00. The maximum absolute atomic E-state index is 11.5. The van der Waals surface area contributed by atoms with Gasteiger partial charge in [0.2, 0.25) is 0 Å². The SMILES string of the molecule is CCS(=O)(=O)CCCC(=O)C(C)C(C)N. The van der Waals surface area contributed by atoms with E-state index in [1.54, 1.807) is 20.8 Å². The Labute approximate surface area is 92.2 Å². The first kappa shape index (κ1) is 14.6. The average molecular weight is 235 g/mol. The monoisotopic (exact) mass is 235 g/mol. The Balaban J connectivity index is 3.93. The molecular weight excluding hydrogens is 214 g/mol. The number of rotatable bonds is 7. The molecule has 2 N–H and O–H groups in total. The first-order valence-electron chi connectivity index (χ1n) is 5.29. The molecule has 90 valence electrons. The molecule has 0 radical (unpaired) electrons. The molecule has 0 fully saturated rings. The zero-order chi connectivity index (χ0) is 12.1. The molecule has 0 amide bonds. The van der Waals surface area contributed by atoms with Gasteiger partial charge in [0, 0.05) is 24.1 Å². The Morgan fingerprint density at radius 3 is 2.27 bits per heavy atom. The van der Waals surface area contributed by atoms with Crippen molar-refractivity contribution in [3.05, 3.63) is 0 Å². The average Bonchev–Trinajstić information content (AvgIpc) is 2.16. The van der Waals surface area contributed by atoms with Crippen LogP contribution < -0.4 is 5.73 Å². The van der Waals surface area contributed by atoms with Crippen molar-refractivity contribution in [1.82, 2.24) is 0 Å². The molecule has 0 aliphatic carbocycles. The minimum atomic E-state index is -2.94. The summed E-state index contributed by atoms with van der Waals surface area (Å²) in [5.74, 6) is 0.107. The van der Waals surface area contributed by atoms with Gasteiger partial charge in [0.15, 0.2) is 0 Å². The van der Waals surface area contributed by atoms with Crippen molar-refractivity contribution in [3.8, 4) is 0 Å². The van der Waals surface area contributed by atoms with E-state index in [-0.39, 0.29) is 29.2 Å². The van der Waals surface area contributed by atoms with Crippen molar-refractivity contribution in [1.29, 1.82) is 0 Å². The molecule has 0 aliphatic rings. The van der Waals surface area contributed by atoms with Crippen LogP contribution in [-0.2, 0) is 14.6 Å². The van der Waals surface area contributed by atoms with Gasteiger partial charge in [-0.1, -0.05) is 13.8 Å². The quantitative estimate of drug-likeness (QED) is 0.706. The number of carbonyl (C=O) groups is 1. The number of hydrogen-bond acceptors (Lipinski definition) is 4. The normalized spacial score (nSPS) is 16.0. The van der Waals surface area contributed by atoms with Crippen LogP contribution in [0.5, 0.6) is 0 Å². The van der Waals surface area contributed by atoms with Crippen LogP contribution in [0.1, 0.15) is 33.6 Å². The summed E-state index contributed by atoms with van der Waals surface area (Å²) < 4.78 is 22.3. The zero-order valence-electron chi connectivity index (χ0n) is 9.69. The van der Waals surface area contributed by atoms with Crippen molar-refractivity contribution in [2.45, 2.75) is 39.7 Å². The van der Waals surface area contributed by atoms with Crippen LogP contribution in [0.2, 0.25) is 0 Å². The van der Waals surface area contributed by atoms with Gasteiger partial charge >= 0.3 is 0 Å². The van der Waals surface area contributed by atoms with Crippen molar-refractivity contribution in [2.24, 2.45) is 11.7 Å². The Morgan fingerprint density at radius 1 is 1.33 bits per heavy atom. The van der Waals surface area contributed by atoms with Crippen LogP contribution in [0.15, 0.2) is 0 Å². The summed E-state index contributed by atoms with van der Waals surface area (Å²) in [4.78, 5) is 11.5. The molecule has 0 rings (SSSR count). The van der Waals surface area contributed by atoms with E-state index in [0.29, 0.717) is 12.8 Å². The summed E-state index contributed by atoms with van der Waals surface area (Å²) in [7, 11) is -2.94. The molecule has 0 bridgehead atoms. The largest absolute Gasteiger partial charge is 0.327 e. The van der Waals surface area contributed by atoms with Crippen molar-refractivity contribution in [3.63, 3.8) is 0 Å². The van der Waals surface area contributed by atoms with Crippen LogP contribution in [-0.4, -0.2) is 31.7 Å². The second kappa shape index (κ2) is 6.23. The highest BCUT2D eigenvalue weighted by atomic mass is 32.2. The molecule has 2 atom stereocenters. The van der Waals surface area contributed by atoms with Crippen LogP contribution >= 0.6 is 0 Å². The summed E-state index contributed by atoms with van der Waals surface area (Å²) in [6.07, 6.45) is 0.716. The minimum absolute atomic E-state index is 0.0521. The highest BCUT2D eigenvalue weighted by Crippen LogP contribution is 2.07. The third-order valence-corrected chi connectivity index (χ3v) is 4.41. The first-order valence-corrected chi connectivity index (χ1v) is 7.11. The number of carbonyl (C=O) groups excluding carboxylic acids is 1. The second-order valence-electron chi connectivity index (χ2n) is 3.95. The lowest BCUT2D eigenvalue weighted by molar-refractivity contribution is -0.122. The van der Waals surface area contributed by atoms with Crippen LogP contribution in [0, 0.1) is 5.92 Å². The molecule has 0 saturated carbocycles. The smallest absolute Gasteiger partial charge is 0.150 e. The molecule has 0 heterocycles. The molecule has 0 spiro atoms. The summed E-state index contributed by atoms with van der Waals surface area (Å²) in [5.41, 5.74) is 5.58. The van der Waals surface area contributed by atoms with Crippen LogP contribution in [0.3, 0.4) is 0 Å². The van der Waals surface area contributed by atoms with Crippen molar-refractivity contribution >= 4 is 15.6 Å². The minimum Gasteiger partial charge on any atom is -0.327 e. The lowest BCUT2D eigenvalue weighted by atomic mass is 9.96. The fraction of sp³-hybridized carbons (Fsp3) is 0.900. The number of ketones is 1. The molecule has 0 saturated heterocycles. The van der Waals surface area contributed by atoms with Gasteiger partial charge in [-0.3, -0.25) is 4.79 Å². The van der Waals surface area contributed by atoms with E-state index in [1.807, 2.05) is 0 Å². The van der Waals surface area contributed by atoms with E-state index in [9.17, 15) is 13.2 Å². The molecule has 15 heavy (non-hydrogen) atoms. The molecule has 4 nitrogen and oxygen atoms in total. The predicted octanol–water partition coefficient (Wildman–Crippen LogP) is 0.754. The van der Waals surface area contributed by atoms with Gasteiger partial charge in [0.1, 0.15) is 15.6 Å². The highest BCUT2D eigenvalue weighted by molar-refractivity contribution is 7.91. The van der Waals surface area contributed by atoms with E-state index in [1.165, 1.54) is 0 Å². The maximum atomic E-state index is 11.5. The molecule has 0 aromatic heterocycles. The van der Waals surface area contributed by atoms with E-state index in [0.717, 1.165) is 0 Å². The molecule has 0 aromatic carbocycles. The van der Waals surface area contributed by atoms with Crippen molar-refractivity contribution < 1.29 is 13.2 Å². The molecule has 5 heteroatoms. The third-order valence-electron chi connectivity index (χ3n) is 2.61. The highest BCUT2D eigenvalue weighted by Gasteiger charge is 2.17. The van der Waals surface area contributed by atoms with Crippen LogP contribution in [0.25, 0.3) is 0 Å². The number of nitrogens with two attached hydrogens (primary N) is 1. The lowest BCUT2D eigenvalue weighted by Crippen LogP contribution is -2.30. The fourth-order valence-electron chi connectivity index (χ4n) is 1.13. The molecule has 0 aromatic rings.